The molecule has 0 aliphatic carbocycles. The van der Waals surface area contributed by atoms with Crippen molar-refractivity contribution >= 4 is 35.0 Å². The van der Waals surface area contributed by atoms with Crippen LogP contribution in [-0.4, -0.2) is 21.9 Å². The van der Waals surface area contributed by atoms with Gasteiger partial charge in [0.2, 0.25) is 5.91 Å². The minimum atomic E-state index is -4.43. The van der Waals surface area contributed by atoms with Crippen LogP contribution < -0.4 is 10.1 Å². The van der Waals surface area contributed by atoms with E-state index in [1.807, 2.05) is 0 Å². The number of hydrogen-bond acceptors (Lipinski definition) is 6. The van der Waals surface area contributed by atoms with E-state index in [1.54, 1.807) is 24.3 Å². The van der Waals surface area contributed by atoms with Gasteiger partial charge in [-0.2, -0.15) is 13.2 Å². The molecule has 2 aromatic carbocycles. The molecule has 0 atom stereocenters. The fraction of sp³-hybridized carbons (Fsp3) is 0.167. The normalized spacial score (nSPS) is 11.3. The molecule has 1 heterocycles. The summed E-state index contributed by atoms with van der Waals surface area (Å²) in [4.78, 5) is 11.9. The van der Waals surface area contributed by atoms with Crippen LogP contribution in [0.2, 0.25) is 5.02 Å². The van der Waals surface area contributed by atoms with Crippen molar-refractivity contribution in [1.29, 1.82) is 0 Å². The number of hydrogen-bond donors (Lipinski definition) is 1. The van der Waals surface area contributed by atoms with Crippen LogP contribution in [0.25, 0.3) is 0 Å². The lowest BCUT2D eigenvalue weighted by Crippen LogP contribution is -2.14. The fourth-order valence-electron chi connectivity index (χ4n) is 2.10. The van der Waals surface area contributed by atoms with E-state index in [1.165, 1.54) is 12.1 Å². The predicted octanol–water partition coefficient (Wildman–Crippen LogP) is 5.05. The second-order valence-corrected chi connectivity index (χ2v) is 6.98. The van der Waals surface area contributed by atoms with E-state index in [4.69, 9.17) is 20.8 Å². The van der Waals surface area contributed by atoms with Crippen LogP contribution in [0.3, 0.4) is 0 Å². The molecule has 29 heavy (non-hydrogen) atoms. The molecule has 0 saturated carbocycles. The molecule has 0 bridgehead atoms. The van der Waals surface area contributed by atoms with Crippen molar-refractivity contribution in [3.8, 4) is 5.75 Å². The second kappa shape index (κ2) is 9.19. The highest BCUT2D eigenvalue weighted by Crippen LogP contribution is 2.30. The average molecular weight is 444 g/mol. The van der Waals surface area contributed by atoms with Crippen molar-refractivity contribution in [2.75, 3.05) is 11.1 Å². The van der Waals surface area contributed by atoms with Crippen molar-refractivity contribution < 1.29 is 27.1 Å². The highest BCUT2D eigenvalue weighted by molar-refractivity contribution is 7.99. The summed E-state index contributed by atoms with van der Waals surface area (Å²) in [5.41, 5.74) is -0.532. The Labute approximate surface area is 172 Å². The van der Waals surface area contributed by atoms with Gasteiger partial charge in [-0.1, -0.05) is 23.4 Å². The first kappa shape index (κ1) is 21.0. The maximum atomic E-state index is 12.5. The molecule has 3 rings (SSSR count). The minimum absolute atomic E-state index is 0.0486. The zero-order chi connectivity index (χ0) is 20.9. The number of benzene rings is 2. The molecule has 0 fully saturated rings. The summed E-state index contributed by atoms with van der Waals surface area (Å²) in [6, 6.07) is 10.9. The second-order valence-electron chi connectivity index (χ2n) is 5.62. The van der Waals surface area contributed by atoms with Gasteiger partial charge >= 0.3 is 6.18 Å². The number of halogens is 4. The van der Waals surface area contributed by atoms with Crippen LogP contribution in [0.5, 0.6) is 5.75 Å². The third-order valence-electron chi connectivity index (χ3n) is 3.45. The van der Waals surface area contributed by atoms with Gasteiger partial charge in [-0.15, -0.1) is 10.2 Å². The zero-order valence-corrected chi connectivity index (χ0v) is 16.1. The lowest BCUT2D eigenvalue weighted by molar-refractivity contribution is -0.137. The average Bonchev–Trinajstić information content (AvgIpc) is 3.14. The van der Waals surface area contributed by atoms with Gasteiger partial charge in [-0.05, 0) is 48.5 Å². The summed E-state index contributed by atoms with van der Waals surface area (Å²) in [5.74, 6) is 0.330. The number of alkyl halides is 3. The smallest absolute Gasteiger partial charge is 0.416 e. The first-order valence-electron chi connectivity index (χ1n) is 8.10. The number of carbonyl (C=O) groups excluding carboxylic acids is 1. The summed E-state index contributed by atoms with van der Waals surface area (Å²) in [5, 5.41) is 10.9. The Morgan fingerprint density at radius 2 is 1.79 bits per heavy atom. The largest absolute Gasteiger partial charge is 0.484 e. The third kappa shape index (κ3) is 6.40. The number of ether oxygens (including phenoxy) is 1. The summed E-state index contributed by atoms with van der Waals surface area (Å²) < 4.78 is 48.4. The van der Waals surface area contributed by atoms with Gasteiger partial charge in [0.1, 0.15) is 5.75 Å². The van der Waals surface area contributed by atoms with E-state index in [0.29, 0.717) is 10.8 Å². The molecule has 0 aliphatic heterocycles. The van der Waals surface area contributed by atoms with E-state index < -0.39 is 17.6 Å². The Bertz CT molecular complexity index is 963. The Morgan fingerprint density at radius 1 is 1.10 bits per heavy atom. The zero-order valence-electron chi connectivity index (χ0n) is 14.6. The number of rotatable bonds is 7. The van der Waals surface area contributed by atoms with E-state index in [0.717, 1.165) is 23.9 Å². The number of carbonyl (C=O) groups is 1. The van der Waals surface area contributed by atoms with Gasteiger partial charge in [0.25, 0.3) is 11.1 Å². The van der Waals surface area contributed by atoms with Gasteiger partial charge in [-0.3, -0.25) is 4.79 Å². The summed E-state index contributed by atoms with van der Waals surface area (Å²) in [6.07, 6.45) is -4.43. The van der Waals surface area contributed by atoms with E-state index in [2.05, 4.69) is 15.5 Å². The quantitative estimate of drug-likeness (QED) is 0.515. The number of aromatic nitrogens is 2. The molecule has 1 amide bonds. The Balaban J connectivity index is 1.45. The number of nitrogens with zero attached hydrogens (tertiary/aromatic N) is 2. The number of thioether (sulfide) groups is 1. The molecule has 1 N–H and O–H groups in total. The van der Waals surface area contributed by atoms with Crippen LogP contribution >= 0.6 is 23.4 Å². The predicted molar refractivity (Wildman–Crippen MR) is 101 cm³/mol. The molecule has 1 aromatic heterocycles. The minimum Gasteiger partial charge on any atom is -0.484 e. The summed E-state index contributed by atoms with van der Waals surface area (Å²) >= 11 is 6.79. The number of amides is 1. The first-order chi connectivity index (χ1) is 13.8. The molecule has 0 unspecified atom stereocenters. The van der Waals surface area contributed by atoms with Crippen LogP contribution in [0.1, 0.15) is 11.5 Å². The Morgan fingerprint density at radius 3 is 2.45 bits per heavy atom. The van der Waals surface area contributed by atoms with E-state index in [9.17, 15) is 18.0 Å². The Hall–Kier alpha value is -2.72. The maximum Gasteiger partial charge on any atom is 0.416 e. The van der Waals surface area contributed by atoms with E-state index >= 15 is 0 Å². The molecular weight excluding hydrogens is 431 g/mol. The first-order valence-corrected chi connectivity index (χ1v) is 9.46. The van der Waals surface area contributed by atoms with E-state index in [-0.39, 0.29) is 29.2 Å². The van der Waals surface area contributed by atoms with Crippen LogP contribution in [0.15, 0.2) is 58.2 Å². The standard InChI is InChI=1S/C18H13ClF3N3O3S/c19-12-3-7-14(8-4-12)27-9-16-24-25-17(28-16)29-10-15(26)23-13-5-1-11(2-6-13)18(20,21)22/h1-8H,9-10H2,(H,23,26). The fourth-order valence-corrected chi connectivity index (χ4v) is 2.80. The van der Waals surface area contributed by atoms with Gasteiger partial charge < -0.3 is 14.5 Å². The number of nitrogens with one attached hydrogen (secondary N) is 1. The maximum absolute atomic E-state index is 12.5. The van der Waals surface area contributed by atoms with Crippen molar-refractivity contribution in [2.45, 2.75) is 18.0 Å². The lowest BCUT2D eigenvalue weighted by Gasteiger charge is -2.08. The molecular formula is C18H13ClF3N3O3S. The van der Waals surface area contributed by atoms with Crippen LogP contribution in [-0.2, 0) is 17.6 Å². The Kier molecular flexibility index (Phi) is 6.65. The molecule has 0 spiro atoms. The molecule has 152 valence electrons. The highest BCUT2D eigenvalue weighted by atomic mass is 35.5. The van der Waals surface area contributed by atoms with Gasteiger partial charge in [0, 0.05) is 10.7 Å². The molecule has 3 aromatic rings. The summed E-state index contributed by atoms with van der Waals surface area (Å²) in [6.45, 7) is 0.0486. The van der Waals surface area contributed by atoms with Crippen molar-refractivity contribution in [3.63, 3.8) is 0 Å². The molecule has 0 aliphatic rings. The van der Waals surface area contributed by atoms with Gasteiger partial charge in [-0.25, -0.2) is 0 Å². The number of anilines is 1. The van der Waals surface area contributed by atoms with Gasteiger partial charge in [0.15, 0.2) is 6.61 Å². The molecule has 11 heteroatoms. The highest BCUT2D eigenvalue weighted by Gasteiger charge is 2.30. The van der Waals surface area contributed by atoms with Crippen molar-refractivity contribution in [2.24, 2.45) is 0 Å². The summed E-state index contributed by atoms with van der Waals surface area (Å²) in [7, 11) is 0. The van der Waals surface area contributed by atoms with Crippen molar-refractivity contribution in [1.82, 2.24) is 10.2 Å². The van der Waals surface area contributed by atoms with Crippen LogP contribution in [0.4, 0.5) is 18.9 Å². The molecule has 0 radical (unpaired) electrons. The molecule has 6 nitrogen and oxygen atoms in total. The monoisotopic (exact) mass is 443 g/mol. The van der Waals surface area contributed by atoms with Gasteiger partial charge in [0.05, 0.1) is 11.3 Å². The lowest BCUT2D eigenvalue weighted by atomic mass is 10.2. The third-order valence-corrected chi connectivity index (χ3v) is 4.52. The van der Waals surface area contributed by atoms with Crippen LogP contribution in [0, 0.1) is 0 Å². The van der Waals surface area contributed by atoms with Crippen molar-refractivity contribution in [3.05, 3.63) is 65.0 Å². The SMILES string of the molecule is O=C(CSc1nnc(COc2ccc(Cl)cc2)o1)Nc1ccc(C(F)(F)F)cc1. The molecule has 0 saturated heterocycles. The topological polar surface area (TPSA) is 77.2 Å².